The van der Waals surface area contributed by atoms with Gasteiger partial charge in [-0.2, -0.15) is 0 Å². The third kappa shape index (κ3) is 4.03. The number of rotatable bonds is 5. The van der Waals surface area contributed by atoms with Crippen LogP contribution in [0.2, 0.25) is 0 Å². The zero-order valence-electron chi connectivity index (χ0n) is 13.0. The first-order valence-corrected chi connectivity index (χ1v) is 7.43. The van der Waals surface area contributed by atoms with Gasteiger partial charge in [0, 0.05) is 11.6 Å². The highest BCUT2D eigenvalue weighted by Crippen LogP contribution is 2.36. The fourth-order valence-electron chi connectivity index (χ4n) is 3.08. The van der Waals surface area contributed by atoms with E-state index in [1.54, 1.807) is 0 Å². The maximum absolute atomic E-state index is 14.2. The molecule has 2 rings (SSSR count). The van der Waals surface area contributed by atoms with E-state index in [4.69, 9.17) is 15.2 Å². The summed E-state index contributed by atoms with van der Waals surface area (Å²) in [7, 11) is 2.94. The van der Waals surface area contributed by atoms with Crippen molar-refractivity contribution >= 4 is 12.4 Å². The number of aliphatic hydroxyl groups is 1. The molecular formula is C16H25ClFNO3. The quantitative estimate of drug-likeness (QED) is 0.868. The third-order valence-electron chi connectivity index (χ3n) is 4.36. The van der Waals surface area contributed by atoms with Crippen LogP contribution in [0.4, 0.5) is 4.39 Å². The Bertz CT molecular complexity index is 481. The van der Waals surface area contributed by atoms with Crippen LogP contribution >= 0.6 is 12.4 Å². The average molecular weight is 334 g/mol. The summed E-state index contributed by atoms with van der Waals surface area (Å²) < 4.78 is 24.4. The molecule has 0 radical (unpaired) electrons. The minimum absolute atomic E-state index is 0. The molecule has 1 aliphatic rings. The van der Waals surface area contributed by atoms with Crippen molar-refractivity contribution in [3.05, 3.63) is 23.5 Å². The van der Waals surface area contributed by atoms with Gasteiger partial charge in [0.2, 0.25) is 0 Å². The fraction of sp³-hybridized carbons (Fsp3) is 0.625. The number of aliphatic hydroxyl groups excluding tert-OH is 1. The van der Waals surface area contributed by atoms with Crippen LogP contribution in [0, 0.1) is 11.7 Å². The average Bonchev–Trinajstić information content (AvgIpc) is 2.54. The molecule has 126 valence electrons. The summed E-state index contributed by atoms with van der Waals surface area (Å²) in [6.45, 7) is 0. The molecule has 22 heavy (non-hydrogen) atoms. The number of benzene rings is 1. The molecule has 0 amide bonds. The highest BCUT2D eigenvalue weighted by atomic mass is 35.5. The van der Waals surface area contributed by atoms with Gasteiger partial charge in [0.1, 0.15) is 5.82 Å². The largest absolute Gasteiger partial charge is 0.493 e. The molecule has 2 atom stereocenters. The maximum Gasteiger partial charge on any atom is 0.163 e. The summed E-state index contributed by atoms with van der Waals surface area (Å²) in [5.74, 6) is 0.398. The van der Waals surface area contributed by atoms with Gasteiger partial charge in [-0.05, 0) is 24.8 Å². The van der Waals surface area contributed by atoms with E-state index in [0.717, 1.165) is 25.7 Å². The summed E-state index contributed by atoms with van der Waals surface area (Å²) in [6, 6.07) is 2.01. The predicted molar refractivity (Wildman–Crippen MR) is 86.3 cm³/mol. The first kappa shape index (κ1) is 19.0. The topological polar surface area (TPSA) is 64.7 Å². The van der Waals surface area contributed by atoms with E-state index in [1.165, 1.54) is 32.8 Å². The summed E-state index contributed by atoms with van der Waals surface area (Å²) in [5.41, 5.74) is 6.37. The summed E-state index contributed by atoms with van der Waals surface area (Å²) >= 11 is 0. The standard InChI is InChI=1S/C16H24FNO3.ClH/c1-20-13-8-11(12(17)9-14(13)21-2)15(18)16(19)10-6-4-3-5-7-10;/h8-10,15-16,19H,3-7,18H2,1-2H3;1H/t15-,16+;/m0./s1. The van der Waals surface area contributed by atoms with Gasteiger partial charge in [-0.15, -0.1) is 12.4 Å². The number of methoxy groups -OCH3 is 2. The second kappa shape index (κ2) is 8.56. The SMILES string of the molecule is COc1cc(F)c([C@H](N)[C@H](O)C2CCCCC2)cc1OC.Cl. The molecule has 6 heteroatoms. The molecule has 0 bridgehead atoms. The van der Waals surface area contributed by atoms with E-state index in [2.05, 4.69) is 0 Å². The Morgan fingerprint density at radius 3 is 2.23 bits per heavy atom. The van der Waals surface area contributed by atoms with Gasteiger partial charge in [0.15, 0.2) is 11.5 Å². The van der Waals surface area contributed by atoms with Gasteiger partial charge >= 0.3 is 0 Å². The zero-order chi connectivity index (χ0) is 15.4. The fourth-order valence-corrected chi connectivity index (χ4v) is 3.08. The molecule has 1 fully saturated rings. The lowest BCUT2D eigenvalue weighted by Gasteiger charge is -2.31. The van der Waals surface area contributed by atoms with Gasteiger partial charge in [0.05, 0.1) is 26.4 Å². The van der Waals surface area contributed by atoms with Crippen molar-refractivity contribution in [2.45, 2.75) is 44.2 Å². The Morgan fingerprint density at radius 1 is 1.14 bits per heavy atom. The second-order valence-corrected chi connectivity index (χ2v) is 5.64. The molecule has 0 heterocycles. The number of ether oxygens (including phenoxy) is 2. The first-order chi connectivity index (χ1) is 10.1. The van der Waals surface area contributed by atoms with Crippen LogP contribution in [0.15, 0.2) is 12.1 Å². The van der Waals surface area contributed by atoms with E-state index < -0.39 is 18.0 Å². The lowest BCUT2D eigenvalue weighted by atomic mass is 9.81. The summed E-state index contributed by atoms with van der Waals surface area (Å²) in [6.07, 6.45) is 4.56. The molecule has 0 aliphatic heterocycles. The van der Waals surface area contributed by atoms with Crippen molar-refractivity contribution in [1.82, 2.24) is 0 Å². The van der Waals surface area contributed by atoms with Crippen molar-refractivity contribution < 1.29 is 19.0 Å². The van der Waals surface area contributed by atoms with Crippen molar-refractivity contribution in [3.8, 4) is 11.5 Å². The molecule has 1 saturated carbocycles. The molecule has 0 spiro atoms. The van der Waals surface area contributed by atoms with Crippen LogP contribution in [0.5, 0.6) is 11.5 Å². The smallest absolute Gasteiger partial charge is 0.163 e. The Hall–Kier alpha value is -1.04. The molecule has 1 aliphatic carbocycles. The van der Waals surface area contributed by atoms with Gasteiger partial charge < -0.3 is 20.3 Å². The minimum Gasteiger partial charge on any atom is -0.493 e. The number of halogens is 2. The van der Waals surface area contributed by atoms with Gasteiger partial charge in [-0.1, -0.05) is 19.3 Å². The second-order valence-electron chi connectivity index (χ2n) is 5.64. The van der Waals surface area contributed by atoms with Crippen molar-refractivity contribution in [3.63, 3.8) is 0 Å². The highest BCUT2D eigenvalue weighted by molar-refractivity contribution is 5.85. The minimum atomic E-state index is -0.757. The Kier molecular flexibility index (Phi) is 7.39. The van der Waals surface area contributed by atoms with E-state index in [1.807, 2.05) is 0 Å². The van der Waals surface area contributed by atoms with Crippen LogP contribution in [-0.2, 0) is 0 Å². The molecule has 1 aromatic rings. The van der Waals surface area contributed by atoms with Crippen molar-refractivity contribution in [2.75, 3.05) is 14.2 Å². The van der Waals surface area contributed by atoms with E-state index in [-0.39, 0.29) is 23.9 Å². The molecule has 3 N–H and O–H groups in total. The number of nitrogens with two attached hydrogens (primary N) is 1. The monoisotopic (exact) mass is 333 g/mol. The molecule has 1 aromatic carbocycles. The normalized spacial score (nSPS) is 18.2. The van der Waals surface area contributed by atoms with E-state index in [0.29, 0.717) is 11.5 Å². The zero-order valence-corrected chi connectivity index (χ0v) is 13.9. The number of hydrogen-bond donors (Lipinski definition) is 2. The molecular weight excluding hydrogens is 309 g/mol. The molecule has 0 aromatic heterocycles. The van der Waals surface area contributed by atoms with E-state index >= 15 is 0 Å². The lowest BCUT2D eigenvalue weighted by molar-refractivity contribution is 0.0607. The highest BCUT2D eigenvalue weighted by Gasteiger charge is 2.30. The molecule has 0 saturated heterocycles. The summed E-state index contributed by atoms with van der Waals surface area (Å²) in [4.78, 5) is 0. The predicted octanol–water partition coefficient (Wildman–Crippen LogP) is 3.21. The Labute approximate surface area is 137 Å². The summed E-state index contributed by atoms with van der Waals surface area (Å²) in [5, 5.41) is 10.4. The lowest BCUT2D eigenvalue weighted by Crippen LogP contribution is -2.34. The molecule has 0 unspecified atom stereocenters. The van der Waals surface area contributed by atoms with Gasteiger partial charge in [-0.25, -0.2) is 4.39 Å². The van der Waals surface area contributed by atoms with Crippen LogP contribution in [0.25, 0.3) is 0 Å². The van der Waals surface area contributed by atoms with Crippen LogP contribution < -0.4 is 15.2 Å². The third-order valence-corrected chi connectivity index (χ3v) is 4.36. The Morgan fingerprint density at radius 2 is 1.68 bits per heavy atom. The molecule has 4 nitrogen and oxygen atoms in total. The van der Waals surface area contributed by atoms with Crippen LogP contribution in [0.3, 0.4) is 0 Å². The van der Waals surface area contributed by atoms with E-state index in [9.17, 15) is 9.50 Å². The van der Waals surface area contributed by atoms with Crippen molar-refractivity contribution in [2.24, 2.45) is 11.7 Å². The van der Waals surface area contributed by atoms with Crippen LogP contribution in [-0.4, -0.2) is 25.4 Å². The first-order valence-electron chi connectivity index (χ1n) is 7.43. The number of hydrogen-bond acceptors (Lipinski definition) is 4. The maximum atomic E-state index is 14.2. The van der Waals surface area contributed by atoms with Gasteiger partial charge in [0.25, 0.3) is 0 Å². The van der Waals surface area contributed by atoms with Crippen molar-refractivity contribution in [1.29, 1.82) is 0 Å². The Balaban J connectivity index is 0.00000242. The van der Waals surface area contributed by atoms with Crippen LogP contribution in [0.1, 0.15) is 43.7 Å². The van der Waals surface area contributed by atoms with Gasteiger partial charge in [-0.3, -0.25) is 0 Å².